The molecule has 0 saturated heterocycles. The van der Waals surface area contributed by atoms with E-state index >= 15 is 0 Å². The van der Waals surface area contributed by atoms with Gasteiger partial charge in [0.1, 0.15) is 5.78 Å². The molecule has 3 nitrogen and oxygen atoms in total. The molecule has 1 aromatic rings. The SMILES string of the molecule is CCC(CC)C(=O)Cc1ccc(S(=O)(=O)CC)cc1. The topological polar surface area (TPSA) is 51.2 Å². The molecule has 0 spiro atoms. The summed E-state index contributed by atoms with van der Waals surface area (Å²) in [4.78, 5) is 12.3. The highest BCUT2D eigenvalue weighted by Crippen LogP contribution is 2.16. The molecule has 0 bridgehead atoms. The van der Waals surface area contributed by atoms with E-state index in [1.54, 1.807) is 31.2 Å². The van der Waals surface area contributed by atoms with Crippen LogP contribution in [0.1, 0.15) is 39.2 Å². The molecule has 0 N–H and O–H groups in total. The molecular weight excluding hydrogens is 260 g/mol. The Kier molecular flexibility index (Phi) is 5.73. The summed E-state index contributed by atoms with van der Waals surface area (Å²) in [7, 11) is -3.15. The minimum atomic E-state index is -3.15. The quantitative estimate of drug-likeness (QED) is 0.772. The maximum absolute atomic E-state index is 12.0. The fraction of sp³-hybridized carbons (Fsp3) is 0.533. The van der Waals surface area contributed by atoms with E-state index in [-0.39, 0.29) is 17.5 Å². The highest BCUT2D eigenvalue weighted by atomic mass is 32.2. The second-order valence-corrected chi connectivity index (χ2v) is 6.98. The molecule has 0 radical (unpaired) electrons. The van der Waals surface area contributed by atoms with E-state index in [0.29, 0.717) is 11.3 Å². The Morgan fingerprint density at radius 3 is 2.00 bits per heavy atom. The summed E-state index contributed by atoms with van der Waals surface area (Å²) in [6, 6.07) is 6.66. The van der Waals surface area contributed by atoms with Gasteiger partial charge in [-0.25, -0.2) is 8.42 Å². The van der Waals surface area contributed by atoms with Crippen molar-refractivity contribution in [3.8, 4) is 0 Å². The molecule has 1 aromatic carbocycles. The fourth-order valence-corrected chi connectivity index (χ4v) is 2.95. The summed E-state index contributed by atoms with van der Waals surface area (Å²) >= 11 is 0. The number of Topliss-reactive ketones (excluding diaryl/α,β-unsaturated/α-hetero) is 1. The van der Waals surface area contributed by atoms with Crippen molar-refractivity contribution in [3.05, 3.63) is 29.8 Å². The first-order valence-electron chi connectivity index (χ1n) is 6.79. The fourth-order valence-electron chi connectivity index (χ4n) is 2.07. The molecule has 0 aromatic heterocycles. The van der Waals surface area contributed by atoms with Crippen molar-refractivity contribution in [2.45, 2.75) is 44.9 Å². The number of carbonyl (C=O) groups excluding carboxylic acids is 1. The molecule has 1 rings (SSSR count). The van der Waals surface area contributed by atoms with E-state index in [9.17, 15) is 13.2 Å². The molecule has 106 valence electrons. The van der Waals surface area contributed by atoms with Gasteiger partial charge in [-0.2, -0.15) is 0 Å². The van der Waals surface area contributed by atoms with Crippen LogP contribution in [0.5, 0.6) is 0 Å². The number of hydrogen-bond donors (Lipinski definition) is 0. The van der Waals surface area contributed by atoms with Gasteiger partial charge in [-0.1, -0.05) is 32.9 Å². The smallest absolute Gasteiger partial charge is 0.178 e. The molecule has 0 saturated carbocycles. The van der Waals surface area contributed by atoms with Crippen LogP contribution in [0, 0.1) is 5.92 Å². The number of benzene rings is 1. The number of carbonyl (C=O) groups is 1. The summed E-state index contributed by atoms with van der Waals surface area (Å²) < 4.78 is 23.3. The normalized spacial score (nSPS) is 11.8. The van der Waals surface area contributed by atoms with Crippen molar-refractivity contribution in [2.24, 2.45) is 5.92 Å². The minimum absolute atomic E-state index is 0.0963. The second kappa shape index (κ2) is 6.85. The lowest BCUT2D eigenvalue weighted by atomic mass is 9.93. The molecule has 0 aliphatic carbocycles. The van der Waals surface area contributed by atoms with Crippen molar-refractivity contribution in [2.75, 3.05) is 5.75 Å². The third kappa shape index (κ3) is 4.16. The van der Waals surface area contributed by atoms with Crippen molar-refractivity contribution < 1.29 is 13.2 Å². The predicted molar refractivity (Wildman–Crippen MR) is 77.0 cm³/mol. The van der Waals surface area contributed by atoms with Gasteiger partial charge in [0.05, 0.1) is 10.6 Å². The van der Waals surface area contributed by atoms with E-state index < -0.39 is 9.84 Å². The second-order valence-electron chi connectivity index (χ2n) is 4.70. The Bertz CT molecular complexity index is 511. The Morgan fingerprint density at radius 2 is 1.58 bits per heavy atom. The van der Waals surface area contributed by atoms with E-state index in [1.165, 1.54) is 0 Å². The van der Waals surface area contributed by atoms with Gasteiger partial charge in [0.15, 0.2) is 9.84 Å². The number of ketones is 1. The standard InChI is InChI=1S/C15H22O3S/c1-4-13(5-2)15(16)11-12-7-9-14(10-8-12)19(17,18)6-3/h7-10,13H,4-6,11H2,1-3H3. The molecule has 19 heavy (non-hydrogen) atoms. The van der Waals surface area contributed by atoms with Gasteiger partial charge < -0.3 is 0 Å². The molecule has 0 unspecified atom stereocenters. The van der Waals surface area contributed by atoms with Crippen LogP contribution in [0.2, 0.25) is 0 Å². The van der Waals surface area contributed by atoms with Crippen molar-refractivity contribution in [1.29, 1.82) is 0 Å². The van der Waals surface area contributed by atoms with Crippen LogP contribution < -0.4 is 0 Å². The van der Waals surface area contributed by atoms with Crippen LogP contribution >= 0.6 is 0 Å². The Labute approximate surface area is 116 Å². The average molecular weight is 282 g/mol. The summed E-state index contributed by atoms with van der Waals surface area (Å²) in [6.45, 7) is 5.66. The van der Waals surface area contributed by atoms with Gasteiger partial charge in [0.2, 0.25) is 0 Å². The van der Waals surface area contributed by atoms with Gasteiger partial charge in [-0.3, -0.25) is 4.79 Å². The number of rotatable bonds is 7. The molecule has 0 fully saturated rings. The monoisotopic (exact) mass is 282 g/mol. The minimum Gasteiger partial charge on any atom is -0.299 e. The van der Waals surface area contributed by atoms with E-state index in [1.807, 2.05) is 13.8 Å². The lowest BCUT2D eigenvalue weighted by Crippen LogP contribution is -2.15. The zero-order chi connectivity index (χ0) is 14.5. The summed E-state index contributed by atoms with van der Waals surface area (Å²) in [5, 5.41) is 0. The largest absolute Gasteiger partial charge is 0.299 e. The van der Waals surface area contributed by atoms with Gasteiger partial charge in [0, 0.05) is 12.3 Å². The molecule has 0 aliphatic rings. The van der Waals surface area contributed by atoms with Crippen molar-refractivity contribution in [1.82, 2.24) is 0 Å². The zero-order valence-electron chi connectivity index (χ0n) is 11.8. The third-order valence-electron chi connectivity index (χ3n) is 3.48. The molecule has 0 aliphatic heterocycles. The molecule has 0 amide bonds. The zero-order valence-corrected chi connectivity index (χ0v) is 12.7. The third-order valence-corrected chi connectivity index (χ3v) is 5.23. The van der Waals surface area contributed by atoms with E-state index in [4.69, 9.17) is 0 Å². The van der Waals surface area contributed by atoms with E-state index in [0.717, 1.165) is 18.4 Å². The maximum atomic E-state index is 12.0. The Balaban J connectivity index is 2.81. The molecule has 0 atom stereocenters. The Hall–Kier alpha value is -1.16. The predicted octanol–water partition coefficient (Wildman–Crippen LogP) is 3.03. The highest BCUT2D eigenvalue weighted by molar-refractivity contribution is 7.91. The van der Waals surface area contributed by atoms with Crippen molar-refractivity contribution >= 4 is 15.6 Å². The van der Waals surface area contributed by atoms with Gasteiger partial charge in [-0.15, -0.1) is 0 Å². The van der Waals surface area contributed by atoms with Crippen LogP contribution in [0.15, 0.2) is 29.2 Å². The number of sulfone groups is 1. The maximum Gasteiger partial charge on any atom is 0.178 e. The van der Waals surface area contributed by atoms with Crippen molar-refractivity contribution in [3.63, 3.8) is 0 Å². The van der Waals surface area contributed by atoms with Crippen LogP contribution in [0.25, 0.3) is 0 Å². The van der Waals surface area contributed by atoms with Gasteiger partial charge in [-0.05, 0) is 30.5 Å². The lowest BCUT2D eigenvalue weighted by Gasteiger charge is -2.11. The van der Waals surface area contributed by atoms with Crippen LogP contribution in [0.4, 0.5) is 0 Å². The first kappa shape index (κ1) is 15.9. The number of hydrogen-bond acceptors (Lipinski definition) is 3. The summed E-state index contributed by atoms with van der Waals surface area (Å²) in [5.41, 5.74) is 0.881. The Morgan fingerprint density at radius 1 is 1.05 bits per heavy atom. The van der Waals surface area contributed by atoms with Crippen LogP contribution in [0.3, 0.4) is 0 Å². The van der Waals surface area contributed by atoms with Gasteiger partial charge >= 0.3 is 0 Å². The average Bonchev–Trinajstić information content (AvgIpc) is 2.40. The van der Waals surface area contributed by atoms with Crippen LogP contribution in [-0.4, -0.2) is 20.0 Å². The van der Waals surface area contributed by atoms with Gasteiger partial charge in [0.25, 0.3) is 0 Å². The highest BCUT2D eigenvalue weighted by Gasteiger charge is 2.15. The van der Waals surface area contributed by atoms with E-state index in [2.05, 4.69) is 0 Å². The summed E-state index contributed by atoms with van der Waals surface area (Å²) in [5.74, 6) is 0.439. The molecular formula is C15H22O3S. The first-order chi connectivity index (χ1) is 8.94. The lowest BCUT2D eigenvalue weighted by molar-refractivity contribution is -0.122. The summed E-state index contributed by atoms with van der Waals surface area (Å²) in [6.07, 6.45) is 2.11. The molecule has 4 heteroatoms. The van der Waals surface area contributed by atoms with Crippen LogP contribution in [-0.2, 0) is 21.1 Å². The molecule has 0 heterocycles. The first-order valence-corrected chi connectivity index (χ1v) is 8.44.